The van der Waals surface area contributed by atoms with Gasteiger partial charge in [-0.3, -0.25) is 14.8 Å². The van der Waals surface area contributed by atoms with Gasteiger partial charge in [0.2, 0.25) is 0 Å². The van der Waals surface area contributed by atoms with E-state index < -0.39 is 0 Å². The molecule has 0 aromatic carbocycles. The van der Waals surface area contributed by atoms with Crippen molar-refractivity contribution in [2.24, 2.45) is 0 Å². The second-order valence-corrected chi connectivity index (χ2v) is 5.80. The smallest absolute Gasteiger partial charge is 0.273 e. The van der Waals surface area contributed by atoms with Gasteiger partial charge in [0, 0.05) is 18.0 Å². The number of nitrogens with one attached hydrogen (secondary N) is 1. The fraction of sp³-hybridized carbons (Fsp3) is 0.263. The number of nitrogens with zero attached hydrogens (tertiary/aromatic N) is 3. The molecule has 0 atom stereocenters. The highest BCUT2D eigenvalue weighted by atomic mass is 16.5. The van der Waals surface area contributed by atoms with Crippen molar-refractivity contribution in [3.05, 3.63) is 71.1 Å². The Bertz CT molecular complexity index is 857. The molecule has 3 heterocycles. The predicted molar refractivity (Wildman–Crippen MR) is 94.6 cm³/mol. The van der Waals surface area contributed by atoms with Crippen molar-refractivity contribution in [2.75, 3.05) is 0 Å². The van der Waals surface area contributed by atoms with Crippen molar-refractivity contribution in [3.8, 4) is 5.75 Å². The van der Waals surface area contributed by atoms with Gasteiger partial charge in [-0.25, -0.2) is 0 Å². The zero-order valence-corrected chi connectivity index (χ0v) is 14.7. The first-order valence-electron chi connectivity index (χ1n) is 8.37. The van der Waals surface area contributed by atoms with Gasteiger partial charge in [0.25, 0.3) is 5.91 Å². The molecule has 134 valence electrons. The molecule has 0 bridgehead atoms. The monoisotopic (exact) mass is 352 g/mol. The van der Waals surface area contributed by atoms with E-state index in [1.807, 2.05) is 37.4 Å². The summed E-state index contributed by atoms with van der Waals surface area (Å²) in [6, 6.07) is 9.14. The Morgan fingerprint density at radius 3 is 2.77 bits per heavy atom. The van der Waals surface area contributed by atoms with Gasteiger partial charge in [-0.1, -0.05) is 18.1 Å². The molecule has 0 aliphatic heterocycles. The number of aryl methyl sites for hydroxylation is 2. The van der Waals surface area contributed by atoms with Crippen LogP contribution in [0.2, 0.25) is 0 Å². The molecule has 3 aromatic heterocycles. The number of hydrogen-bond donors (Lipinski definition) is 1. The molecule has 0 radical (unpaired) electrons. The van der Waals surface area contributed by atoms with Crippen LogP contribution in [0, 0.1) is 6.92 Å². The van der Waals surface area contributed by atoms with E-state index in [1.165, 1.54) is 0 Å². The molecule has 1 amide bonds. The van der Waals surface area contributed by atoms with E-state index in [0.717, 1.165) is 23.4 Å². The van der Waals surface area contributed by atoms with Gasteiger partial charge in [-0.2, -0.15) is 0 Å². The molecule has 0 spiro atoms. The summed E-state index contributed by atoms with van der Waals surface area (Å²) in [4.78, 5) is 20.6. The highest BCUT2D eigenvalue weighted by Gasteiger charge is 2.13. The maximum atomic E-state index is 12.2. The van der Waals surface area contributed by atoms with Gasteiger partial charge in [-0.15, -0.1) is 0 Å². The fourth-order valence-electron chi connectivity index (χ4n) is 2.21. The van der Waals surface area contributed by atoms with E-state index in [2.05, 4.69) is 27.4 Å². The molecule has 0 saturated heterocycles. The molecule has 0 saturated carbocycles. The molecule has 0 aliphatic rings. The summed E-state index contributed by atoms with van der Waals surface area (Å²) in [6.07, 6.45) is 4.38. The summed E-state index contributed by atoms with van der Waals surface area (Å²) >= 11 is 0. The van der Waals surface area contributed by atoms with Crippen LogP contribution in [-0.2, 0) is 19.6 Å². The van der Waals surface area contributed by atoms with Crippen LogP contribution in [0.25, 0.3) is 0 Å². The van der Waals surface area contributed by atoms with Gasteiger partial charge in [0.15, 0.2) is 11.5 Å². The Morgan fingerprint density at radius 1 is 1.19 bits per heavy atom. The van der Waals surface area contributed by atoms with Crippen LogP contribution in [-0.4, -0.2) is 21.0 Å². The van der Waals surface area contributed by atoms with Crippen molar-refractivity contribution in [1.82, 2.24) is 20.4 Å². The number of carbonyl (C=O) groups excluding carboxylic acids is 1. The number of aromatic nitrogens is 3. The van der Waals surface area contributed by atoms with E-state index in [4.69, 9.17) is 9.26 Å². The second kappa shape index (κ2) is 8.24. The van der Waals surface area contributed by atoms with Crippen molar-refractivity contribution < 1.29 is 14.1 Å². The Balaban J connectivity index is 1.51. The first-order chi connectivity index (χ1) is 12.6. The lowest BCUT2D eigenvalue weighted by Gasteiger charge is -2.03. The molecule has 0 unspecified atom stereocenters. The molecule has 3 rings (SSSR count). The minimum atomic E-state index is -0.321. The Labute approximate surface area is 151 Å². The Hall–Kier alpha value is -3.22. The summed E-state index contributed by atoms with van der Waals surface area (Å²) in [5.74, 6) is 0.763. The van der Waals surface area contributed by atoms with Gasteiger partial charge in [0.1, 0.15) is 12.4 Å². The summed E-state index contributed by atoms with van der Waals surface area (Å²) in [7, 11) is 0. The largest absolute Gasteiger partial charge is 0.484 e. The van der Waals surface area contributed by atoms with E-state index >= 15 is 0 Å². The number of rotatable bonds is 7. The van der Waals surface area contributed by atoms with Crippen LogP contribution in [0.15, 0.2) is 47.2 Å². The van der Waals surface area contributed by atoms with Gasteiger partial charge < -0.3 is 14.6 Å². The lowest BCUT2D eigenvalue weighted by Crippen LogP contribution is -2.23. The van der Waals surface area contributed by atoms with Crippen molar-refractivity contribution in [3.63, 3.8) is 0 Å². The third-order valence-electron chi connectivity index (χ3n) is 3.78. The molecule has 7 nitrogen and oxygen atoms in total. The molecular formula is C19H20N4O3. The quantitative estimate of drug-likeness (QED) is 0.703. The third-order valence-corrected chi connectivity index (χ3v) is 3.78. The highest BCUT2D eigenvalue weighted by Crippen LogP contribution is 2.12. The fourth-order valence-corrected chi connectivity index (χ4v) is 2.21. The minimum absolute atomic E-state index is 0.172. The van der Waals surface area contributed by atoms with E-state index in [9.17, 15) is 4.79 Å². The van der Waals surface area contributed by atoms with Gasteiger partial charge in [0.05, 0.1) is 18.4 Å². The average Bonchev–Trinajstić information content (AvgIpc) is 3.15. The standard InChI is InChI=1S/C19H20N4O3/c1-3-14-5-6-15(21-9-14)10-22-19(24)18-8-17(26-23-18)12-25-16-7-4-13(2)20-11-16/h4-9,11H,3,10,12H2,1-2H3,(H,22,24). The van der Waals surface area contributed by atoms with Crippen LogP contribution in [0.1, 0.15) is 40.1 Å². The zero-order chi connectivity index (χ0) is 18.4. The zero-order valence-electron chi connectivity index (χ0n) is 14.7. The molecule has 26 heavy (non-hydrogen) atoms. The van der Waals surface area contributed by atoms with Crippen LogP contribution < -0.4 is 10.1 Å². The molecule has 7 heteroatoms. The summed E-state index contributed by atoms with van der Waals surface area (Å²) < 4.78 is 10.7. The second-order valence-electron chi connectivity index (χ2n) is 5.80. The van der Waals surface area contributed by atoms with Gasteiger partial charge >= 0.3 is 0 Å². The molecular weight excluding hydrogens is 332 g/mol. The number of hydrogen-bond acceptors (Lipinski definition) is 6. The van der Waals surface area contributed by atoms with E-state index in [1.54, 1.807) is 12.3 Å². The summed E-state index contributed by atoms with van der Waals surface area (Å²) in [6.45, 7) is 4.47. The lowest BCUT2D eigenvalue weighted by molar-refractivity contribution is 0.0941. The normalized spacial score (nSPS) is 10.5. The third kappa shape index (κ3) is 4.66. The highest BCUT2D eigenvalue weighted by molar-refractivity contribution is 5.92. The van der Waals surface area contributed by atoms with Gasteiger partial charge in [-0.05, 0) is 37.1 Å². The van der Waals surface area contributed by atoms with Crippen LogP contribution in [0.3, 0.4) is 0 Å². The van der Waals surface area contributed by atoms with Crippen molar-refractivity contribution in [2.45, 2.75) is 33.4 Å². The molecule has 3 aromatic rings. The summed E-state index contributed by atoms with van der Waals surface area (Å²) in [5, 5.41) is 6.55. The number of pyridine rings is 2. The van der Waals surface area contributed by atoms with Crippen LogP contribution in [0.5, 0.6) is 5.75 Å². The van der Waals surface area contributed by atoms with E-state index in [0.29, 0.717) is 18.1 Å². The Morgan fingerprint density at radius 2 is 2.08 bits per heavy atom. The lowest BCUT2D eigenvalue weighted by atomic mass is 10.2. The Kier molecular flexibility index (Phi) is 5.58. The maximum absolute atomic E-state index is 12.2. The minimum Gasteiger partial charge on any atom is -0.484 e. The van der Waals surface area contributed by atoms with Crippen molar-refractivity contribution >= 4 is 5.91 Å². The van der Waals surface area contributed by atoms with Crippen molar-refractivity contribution in [1.29, 1.82) is 0 Å². The summed E-state index contributed by atoms with van der Waals surface area (Å²) in [5.41, 5.74) is 3.06. The maximum Gasteiger partial charge on any atom is 0.273 e. The first-order valence-corrected chi connectivity index (χ1v) is 8.37. The predicted octanol–water partition coefficient (Wildman–Crippen LogP) is 2.84. The number of carbonyl (C=O) groups is 1. The van der Waals surface area contributed by atoms with Crippen LogP contribution in [0.4, 0.5) is 0 Å². The topological polar surface area (TPSA) is 90.1 Å². The first kappa shape index (κ1) is 17.6. The number of amides is 1. The SMILES string of the molecule is CCc1ccc(CNC(=O)c2cc(COc3ccc(C)nc3)on2)nc1. The molecule has 1 N–H and O–H groups in total. The van der Waals surface area contributed by atoms with Crippen LogP contribution >= 0.6 is 0 Å². The number of ether oxygens (including phenoxy) is 1. The van der Waals surface area contributed by atoms with E-state index in [-0.39, 0.29) is 18.2 Å². The molecule has 0 fully saturated rings. The molecule has 0 aliphatic carbocycles. The average molecular weight is 352 g/mol.